The SMILES string of the molecule is CC1CCN(c2ncc(NS(=O)(=O)c3ccccc3Cl)cc2C(=O)O)CC1.O=C(O)C(F)(F)F. The van der Waals surface area contributed by atoms with Gasteiger partial charge in [-0.3, -0.25) is 4.72 Å². The minimum absolute atomic E-state index is 0.0380. The summed E-state index contributed by atoms with van der Waals surface area (Å²) in [5, 5.41) is 16.8. The Morgan fingerprint density at radius 2 is 1.74 bits per heavy atom. The van der Waals surface area contributed by atoms with E-state index in [0.717, 1.165) is 25.9 Å². The van der Waals surface area contributed by atoms with Crippen LogP contribution in [0.25, 0.3) is 0 Å². The number of sulfonamides is 1. The van der Waals surface area contributed by atoms with Crippen molar-refractivity contribution >= 4 is 45.1 Å². The van der Waals surface area contributed by atoms with Crippen LogP contribution in [0.5, 0.6) is 0 Å². The summed E-state index contributed by atoms with van der Waals surface area (Å²) in [5.41, 5.74) is 0.0327. The van der Waals surface area contributed by atoms with Gasteiger partial charge < -0.3 is 15.1 Å². The first kappa shape index (κ1) is 27.2. The number of aromatic carboxylic acids is 1. The van der Waals surface area contributed by atoms with Gasteiger partial charge in [0.2, 0.25) is 0 Å². The van der Waals surface area contributed by atoms with Crippen LogP contribution in [0.2, 0.25) is 5.02 Å². The van der Waals surface area contributed by atoms with E-state index in [1.807, 2.05) is 4.90 Å². The zero-order valence-electron chi connectivity index (χ0n) is 17.7. The molecule has 9 nitrogen and oxygen atoms in total. The molecule has 1 aromatic heterocycles. The first-order chi connectivity index (χ1) is 15.7. The van der Waals surface area contributed by atoms with Gasteiger partial charge in [-0.15, -0.1) is 0 Å². The number of pyridine rings is 1. The average Bonchev–Trinajstić information content (AvgIpc) is 2.74. The summed E-state index contributed by atoms with van der Waals surface area (Å²) in [6.07, 6.45) is -1.84. The summed E-state index contributed by atoms with van der Waals surface area (Å²) >= 11 is 5.96. The number of nitrogens with zero attached hydrogens (tertiary/aromatic N) is 2. The number of carbonyl (C=O) groups is 2. The second-order valence-corrected chi connectivity index (χ2v) is 9.47. The summed E-state index contributed by atoms with van der Waals surface area (Å²) in [6.45, 7) is 3.60. The van der Waals surface area contributed by atoms with Gasteiger partial charge in [0.25, 0.3) is 10.0 Å². The lowest BCUT2D eigenvalue weighted by atomic mass is 9.99. The molecule has 34 heavy (non-hydrogen) atoms. The second-order valence-electron chi connectivity index (χ2n) is 7.41. The van der Waals surface area contributed by atoms with Crippen molar-refractivity contribution in [2.45, 2.75) is 30.8 Å². The molecule has 2 aromatic rings. The van der Waals surface area contributed by atoms with Gasteiger partial charge in [-0.1, -0.05) is 30.7 Å². The van der Waals surface area contributed by atoms with E-state index in [9.17, 15) is 31.5 Å². The largest absolute Gasteiger partial charge is 0.490 e. The predicted molar refractivity (Wildman–Crippen MR) is 118 cm³/mol. The molecule has 1 fully saturated rings. The molecule has 2 heterocycles. The number of hydrogen-bond acceptors (Lipinski definition) is 6. The maximum absolute atomic E-state index is 12.5. The van der Waals surface area contributed by atoms with Crippen LogP contribution >= 0.6 is 11.6 Å². The molecular formula is C20H21ClF3N3O6S. The fourth-order valence-electron chi connectivity index (χ4n) is 3.02. The van der Waals surface area contributed by atoms with E-state index in [-0.39, 0.29) is 21.2 Å². The molecule has 1 aromatic carbocycles. The highest BCUT2D eigenvalue weighted by Crippen LogP contribution is 2.28. The Hall–Kier alpha value is -3.06. The lowest BCUT2D eigenvalue weighted by molar-refractivity contribution is -0.192. The molecule has 0 atom stereocenters. The monoisotopic (exact) mass is 523 g/mol. The molecule has 14 heteroatoms. The highest BCUT2D eigenvalue weighted by Gasteiger charge is 2.38. The van der Waals surface area contributed by atoms with Gasteiger partial charge in [-0.05, 0) is 37.0 Å². The first-order valence-electron chi connectivity index (χ1n) is 9.78. The van der Waals surface area contributed by atoms with E-state index in [1.54, 1.807) is 12.1 Å². The molecule has 0 saturated carbocycles. The van der Waals surface area contributed by atoms with E-state index < -0.39 is 28.1 Å². The molecule has 0 aliphatic carbocycles. The molecule has 0 unspecified atom stereocenters. The van der Waals surface area contributed by atoms with Crippen molar-refractivity contribution in [1.82, 2.24) is 4.98 Å². The van der Waals surface area contributed by atoms with Gasteiger partial charge in [-0.2, -0.15) is 13.2 Å². The number of anilines is 2. The molecule has 1 aliphatic rings. The highest BCUT2D eigenvalue weighted by atomic mass is 35.5. The summed E-state index contributed by atoms with van der Waals surface area (Å²) in [5.74, 6) is -2.96. The van der Waals surface area contributed by atoms with Gasteiger partial charge in [0.1, 0.15) is 16.3 Å². The number of piperidine rings is 1. The summed E-state index contributed by atoms with van der Waals surface area (Å²) in [6, 6.07) is 7.32. The van der Waals surface area contributed by atoms with E-state index in [0.29, 0.717) is 11.7 Å². The Balaban J connectivity index is 0.000000509. The fourth-order valence-corrected chi connectivity index (χ4v) is 4.57. The topological polar surface area (TPSA) is 137 Å². The van der Waals surface area contributed by atoms with Crippen LogP contribution in [0.3, 0.4) is 0 Å². The molecule has 1 aliphatic heterocycles. The number of halogens is 4. The van der Waals surface area contributed by atoms with Crippen LogP contribution in [0, 0.1) is 5.92 Å². The van der Waals surface area contributed by atoms with Crippen molar-refractivity contribution in [2.24, 2.45) is 5.92 Å². The van der Waals surface area contributed by atoms with Gasteiger partial charge >= 0.3 is 18.1 Å². The second kappa shape index (κ2) is 10.9. The van der Waals surface area contributed by atoms with Gasteiger partial charge in [0.15, 0.2) is 0 Å². The predicted octanol–water partition coefficient (Wildman–Crippen LogP) is 4.10. The zero-order valence-corrected chi connectivity index (χ0v) is 19.3. The van der Waals surface area contributed by atoms with Crippen LogP contribution in [0.15, 0.2) is 41.4 Å². The van der Waals surface area contributed by atoms with Crippen LogP contribution < -0.4 is 9.62 Å². The number of aromatic nitrogens is 1. The van der Waals surface area contributed by atoms with E-state index in [4.69, 9.17) is 21.5 Å². The molecule has 3 rings (SSSR count). The molecule has 0 bridgehead atoms. The number of benzene rings is 1. The lowest BCUT2D eigenvalue weighted by Gasteiger charge is -2.32. The smallest absolute Gasteiger partial charge is 0.478 e. The quantitative estimate of drug-likeness (QED) is 0.532. The van der Waals surface area contributed by atoms with Crippen LogP contribution in [-0.2, 0) is 14.8 Å². The molecule has 1 saturated heterocycles. The maximum atomic E-state index is 12.5. The first-order valence-corrected chi connectivity index (χ1v) is 11.6. The van der Waals surface area contributed by atoms with Crippen LogP contribution in [0.1, 0.15) is 30.1 Å². The number of carboxylic acid groups (broad SMARTS) is 2. The Morgan fingerprint density at radius 3 is 2.24 bits per heavy atom. The fraction of sp³-hybridized carbons (Fsp3) is 0.350. The van der Waals surface area contributed by atoms with Crippen molar-refractivity contribution < 1.29 is 41.4 Å². The summed E-state index contributed by atoms with van der Waals surface area (Å²) in [7, 11) is -3.96. The van der Waals surface area contributed by atoms with Crippen molar-refractivity contribution in [3.63, 3.8) is 0 Å². The third-order valence-electron chi connectivity index (χ3n) is 4.80. The minimum atomic E-state index is -5.08. The van der Waals surface area contributed by atoms with Crippen LogP contribution in [-0.4, -0.2) is 54.8 Å². The zero-order chi connectivity index (χ0) is 25.7. The normalized spacial score (nSPS) is 14.7. The summed E-state index contributed by atoms with van der Waals surface area (Å²) < 4.78 is 59.2. The molecule has 0 spiro atoms. The number of aliphatic carboxylic acids is 1. The third-order valence-corrected chi connectivity index (χ3v) is 6.68. The van der Waals surface area contributed by atoms with Gasteiger partial charge in [0, 0.05) is 13.1 Å². The third kappa shape index (κ3) is 7.22. The molecule has 0 amide bonds. The highest BCUT2D eigenvalue weighted by molar-refractivity contribution is 7.92. The van der Waals surface area contributed by atoms with E-state index in [1.165, 1.54) is 24.4 Å². The average molecular weight is 524 g/mol. The Kier molecular flexibility index (Phi) is 8.72. The van der Waals surface area contributed by atoms with Crippen LogP contribution in [0.4, 0.5) is 24.7 Å². The molecular weight excluding hydrogens is 503 g/mol. The Labute approximate surface area is 198 Å². The number of carboxylic acids is 2. The maximum Gasteiger partial charge on any atom is 0.490 e. The van der Waals surface area contributed by atoms with E-state index in [2.05, 4.69) is 16.6 Å². The number of hydrogen-bond donors (Lipinski definition) is 3. The molecule has 3 N–H and O–H groups in total. The number of nitrogens with one attached hydrogen (secondary N) is 1. The Bertz CT molecular complexity index is 1150. The van der Waals surface area contributed by atoms with Crippen molar-refractivity contribution in [1.29, 1.82) is 0 Å². The van der Waals surface area contributed by atoms with Gasteiger partial charge in [-0.25, -0.2) is 23.0 Å². The van der Waals surface area contributed by atoms with Gasteiger partial charge in [0.05, 0.1) is 16.9 Å². The minimum Gasteiger partial charge on any atom is -0.478 e. The van der Waals surface area contributed by atoms with Crippen molar-refractivity contribution in [3.05, 3.63) is 47.1 Å². The molecule has 186 valence electrons. The number of alkyl halides is 3. The van der Waals surface area contributed by atoms with Crippen molar-refractivity contribution in [3.8, 4) is 0 Å². The Morgan fingerprint density at radius 1 is 1.18 bits per heavy atom. The van der Waals surface area contributed by atoms with E-state index >= 15 is 0 Å². The standard InChI is InChI=1S/C18H20ClN3O4S.C2HF3O2/c1-12-6-8-22(9-7-12)17-14(18(23)24)10-13(11-20-17)21-27(25,26)16-5-3-2-4-15(16)19;3-2(4,5)1(6)7/h2-5,10-12,21H,6-9H2,1H3,(H,23,24);(H,6,7). The number of rotatable bonds is 5. The lowest BCUT2D eigenvalue weighted by Crippen LogP contribution is -2.34. The molecule has 0 radical (unpaired) electrons. The van der Waals surface area contributed by atoms with Crippen molar-refractivity contribution in [2.75, 3.05) is 22.7 Å². The summed E-state index contributed by atoms with van der Waals surface area (Å²) in [4.78, 5) is 26.7.